The molecule has 3 rings (SSSR count). The van der Waals surface area contributed by atoms with E-state index in [-0.39, 0.29) is 11.7 Å². The van der Waals surface area contributed by atoms with E-state index in [9.17, 15) is 9.18 Å². The van der Waals surface area contributed by atoms with Crippen LogP contribution in [0.3, 0.4) is 0 Å². The number of hydroxylamine groups is 2. The lowest BCUT2D eigenvalue weighted by Crippen LogP contribution is -2.26. The van der Waals surface area contributed by atoms with Crippen LogP contribution in [-0.4, -0.2) is 55.5 Å². The zero-order valence-corrected chi connectivity index (χ0v) is 17.7. The lowest BCUT2D eigenvalue weighted by atomic mass is 10.1. The number of aliphatic hydroxyl groups is 1. The Morgan fingerprint density at radius 3 is 2.29 bits per heavy atom. The van der Waals surface area contributed by atoms with E-state index in [2.05, 4.69) is 4.98 Å². The Morgan fingerprint density at radius 1 is 1.25 bits per heavy atom. The summed E-state index contributed by atoms with van der Waals surface area (Å²) in [6.07, 6.45) is 4.67. The average molecular weight is 413 g/mol. The third-order valence-electron chi connectivity index (χ3n) is 3.92. The molecular weight excluding hydrogens is 383 g/mol. The molecule has 0 spiro atoms. The smallest absolute Gasteiger partial charge is 0.297 e. The highest BCUT2D eigenvalue weighted by Gasteiger charge is 2.22. The number of halogens is 1. The number of hydrogen-bond acceptors (Lipinski definition) is 6. The number of carbonyl (C=O) groups is 1. The van der Waals surface area contributed by atoms with Crippen molar-refractivity contribution in [2.24, 2.45) is 0 Å². The number of amides is 1. The summed E-state index contributed by atoms with van der Waals surface area (Å²) in [6.45, 7) is 3.97. The highest BCUT2D eigenvalue weighted by molar-refractivity contribution is 7.15. The second kappa shape index (κ2) is 13.3. The van der Waals surface area contributed by atoms with Gasteiger partial charge < -0.3 is 9.84 Å². The van der Waals surface area contributed by atoms with Gasteiger partial charge in [-0.15, -0.1) is 11.3 Å². The second-order valence-electron chi connectivity index (χ2n) is 5.80. The number of benzene rings is 1. The fourth-order valence-corrected chi connectivity index (χ4v) is 3.38. The van der Waals surface area contributed by atoms with Crippen molar-refractivity contribution in [2.75, 3.05) is 34.5 Å². The van der Waals surface area contributed by atoms with Gasteiger partial charge in [0.05, 0.1) is 17.0 Å². The van der Waals surface area contributed by atoms with Gasteiger partial charge in [0.2, 0.25) is 0 Å². The predicted molar refractivity (Wildman–Crippen MR) is 109 cm³/mol. The molecule has 0 saturated carbocycles. The van der Waals surface area contributed by atoms with Crippen LogP contribution < -0.4 is 0 Å². The van der Waals surface area contributed by atoms with Crippen LogP contribution >= 0.6 is 11.3 Å². The van der Waals surface area contributed by atoms with E-state index >= 15 is 0 Å². The van der Waals surface area contributed by atoms with Crippen molar-refractivity contribution in [1.29, 1.82) is 0 Å². The number of aromatic nitrogens is 1. The van der Waals surface area contributed by atoms with Crippen LogP contribution in [0.25, 0.3) is 10.4 Å². The van der Waals surface area contributed by atoms with Gasteiger partial charge >= 0.3 is 0 Å². The summed E-state index contributed by atoms with van der Waals surface area (Å²) in [5.74, 6) is -0.626. The van der Waals surface area contributed by atoms with Crippen LogP contribution in [-0.2, 0) is 16.0 Å². The van der Waals surface area contributed by atoms with Crippen molar-refractivity contribution < 1.29 is 23.9 Å². The van der Waals surface area contributed by atoms with Gasteiger partial charge in [0.15, 0.2) is 0 Å². The average Bonchev–Trinajstić information content (AvgIpc) is 3.20. The normalized spacial score (nSPS) is 12.9. The third kappa shape index (κ3) is 7.27. The SMILES string of the molecule is C1CCOCC1.CCc1nc(C(=O)N(C)OC)c(-c2ccc(F)cc2)s1.CO. The lowest BCUT2D eigenvalue weighted by molar-refractivity contribution is -0.0759. The minimum absolute atomic E-state index is 0.309. The number of rotatable bonds is 4. The Bertz CT molecular complexity index is 691. The molecule has 0 bridgehead atoms. The molecule has 0 aliphatic carbocycles. The topological polar surface area (TPSA) is 71.9 Å². The minimum Gasteiger partial charge on any atom is -0.400 e. The quantitative estimate of drug-likeness (QED) is 0.770. The highest BCUT2D eigenvalue weighted by atomic mass is 32.1. The van der Waals surface area contributed by atoms with Crippen LogP contribution in [0.2, 0.25) is 0 Å². The summed E-state index contributed by atoms with van der Waals surface area (Å²) in [5, 5.41) is 8.99. The van der Waals surface area contributed by atoms with Crippen molar-refractivity contribution in [3.8, 4) is 10.4 Å². The summed E-state index contributed by atoms with van der Waals surface area (Å²) in [6, 6.07) is 6.03. The molecule has 1 N–H and O–H groups in total. The van der Waals surface area contributed by atoms with Gasteiger partial charge in [-0.1, -0.05) is 19.1 Å². The molecule has 28 heavy (non-hydrogen) atoms. The zero-order valence-electron chi connectivity index (χ0n) is 16.9. The Labute approximate surface area is 169 Å². The Balaban J connectivity index is 0.000000411. The molecule has 1 saturated heterocycles. The van der Waals surface area contributed by atoms with Crippen LogP contribution in [0.5, 0.6) is 0 Å². The molecule has 0 radical (unpaired) electrons. The summed E-state index contributed by atoms with van der Waals surface area (Å²) >= 11 is 1.44. The highest BCUT2D eigenvalue weighted by Crippen LogP contribution is 2.31. The first-order chi connectivity index (χ1) is 13.6. The molecule has 0 unspecified atom stereocenters. The molecular formula is C20H29FN2O4S. The maximum atomic E-state index is 13.0. The fourth-order valence-electron chi connectivity index (χ4n) is 2.38. The molecule has 1 aromatic carbocycles. The third-order valence-corrected chi connectivity index (χ3v) is 5.17. The lowest BCUT2D eigenvalue weighted by Gasteiger charge is -2.12. The molecule has 1 aliphatic rings. The number of thiazole rings is 1. The Morgan fingerprint density at radius 2 is 1.86 bits per heavy atom. The summed E-state index contributed by atoms with van der Waals surface area (Å²) in [7, 11) is 3.95. The first-order valence-corrected chi connectivity index (χ1v) is 9.98. The molecule has 2 heterocycles. The van der Waals surface area contributed by atoms with Gasteiger partial charge in [-0.05, 0) is 43.4 Å². The summed E-state index contributed by atoms with van der Waals surface area (Å²) < 4.78 is 18.1. The van der Waals surface area contributed by atoms with E-state index in [1.807, 2.05) is 6.92 Å². The van der Waals surface area contributed by atoms with Gasteiger partial charge in [-0.25, -0.2) is 14.4 Å². The van der Waals surface area contributed by atoms with Crippen molar-refractivity contribution in [3.05, 3.63) is 40.8 Å². The Kier molecular flexibility index (Phi) is 11.5. The first-order valence-electron chi connectivity index (χ1n) is 9.17. The molecule has 8 heteroatoms. The van der Waals surface area contributed by atoms with Crippen molar-refractivity contribution in [1.82, 2.24) is 10.0 Å². The first kappa shape index (κ1) is 24.2. The number of ether oxygens (including phenoxy) is 1. The molecule has 156 valence electrons. The van der Waals surface area contributed by atoms with E-state index in [1.54, 1.807) is 12.1 Å². The van der Waals surface area contributed by atoms with E-state index in [0.29, 0.717) is 5.69 Å². The molecule has 6 nitrogen and oxygen atoms in total. The molecule has 0 atom stereocenters. The molecule has 1 aromatic heterocycles. The molecule has 1 amide bonds. The summed E-state index contributed by atoms with van der Waals surface area (Å²) in [4.78, 5) is 22.2. The van der Waals surface area contributed by atoms with Gasteiger partial charge in [0, 0.05) is 27.4 Å². The van der Waals surface area contributed by atoms with Crippen LogP contribution in [0.15, 0.2) is 24.3 Å². The van der Waals surface area contributed by atoms with E-state index in [4.69, 9.17) is 14.7 Å². The number of aryl methyl sites for hydroxylation is 1. The molecule has 2 aromatic rings. The standard InChI is InChI=1S/C14H15FN2O2S.C5H10O.CH4O/c1-4-11-16-12(14(18)17(2)19-3)13(20-11)9-5-7-10(15)8-6-9;1-2-4-6-5-3-1;1-2/h5-8H,4H2,1-3H3;1-5H2;2H,1H3. The number of aliphatic hydroxyl groups excluding tert-OH is 1. The van der Waals surface area contributed by atoms with Gasteiger partial charge in [-0.3, -0.25) is 9.63 Å². The van der Waals surface area contributed by atoms with Gasteiger partial charge in [0.1, 0.15) is 11.5 Å². The largest absolute Gasteiger partial charge is 0.400 e. The summed E-state index contributed by atoms with van der Waals surface area (Å²) in [5.41, 5.74) is 1.11. The van der Waals surface area contributed by atoms with Crippen LogP contribution in [0.4, 0.5) is 4.39 Å². The maximum Gasteiger partial charge on any atom is 0.297 e. The van der Waals surface area contributed by atoms with E-state index in [1.165, 1.54) is 56.9 Å². The molecule has 1 aliphatic heterocycles. The van der Waals surface area contributed by atoms with Crippen molar-refractivity contribution in [3.63, 3.8) is 0 Å². The van der Waals surface area contributed by atoms with E-state index < -0.39 is 0 Å². The molecule has 1 fully saturated rings. The van der Waals surface area contributed by atoms with Crippen molar-refractivity contribution in [2.45, 2.75) is 32.6 Å². The zero-order chi connectivity index (χ0) is 20.9. The second-order valence-corrected chi connectivity index (χ2v) is 6.89. The fraction of sp³-hybridized carbons (Fsp3) is 0.500. The van der Waals surface area contributed by atoms with Crippen LogP contribution in [0.1, 0.15) is 41.7 Å². The monoisotopic (exact) mass is 412 g/mol. The van der Waals surface area contributed by atoms with Gasteiger partial charge in [-0.2, -0.15) is 0 Å². The predicted octanol–water partition coefficient (Wildman–Crippen LogP) is 3.94. The maximum absolute atomic E-state index is 13.0. The Hall–Kier alpha value is -1.87. The number of carbonyl (C=O) groups excluding carboxylic acids is 1. The van der Waals surface area contributed by atoms with Gasteiger partial charge in [0.25, 0.3) is 5.91 Å². The van der Waals surface area contributed by atoms with Crippen molar-refractivity contribution >= 4 is 17.2 Å². The van der Waals surface area contributed by atoms with E-state index in [0.717, 1.165) is 47.3 Å². The minimum atomic E-state index is -0.317. The van der Waals surface area contributed by atoms with Crippen LogP contribution in [0, 0.1) is 5.82 Å². The number of nitrogens with zero attached hydrogens (tertiary/aromatic N) is 2. The number of hydrogen-bond donors (Lipinski definition) is 1.